The first-order chi connectivity index (χ1) is 17.4. The summed E-state index contributed by atoms with van der Waals surface area (Å²) in [6.45, 7) is 0.167. The number of alkyl halides is 3. The van der Waals surface area contributed by atoms with Crippen LogP contribution < -0.4 is 15.4 Å². The lowest BCUT2D eigenvalue weighted by molar-refractivity contribution is -0.141. The molecule has 0 saturated carbocycles. The Morgan fingerprint density at radius 2 is 1.81 bits per heavy atom. The van der Waals surface area contributed by atoms with Gasteiger partial charge in [-0.2, -0.15) is 13.2 Å². The van der Waals surface area contributed by atoms with Gasteiger partial charge >= 0.3 is 6.18 Å². The van der Waals surface area contributed by atoms with Crippen LogP contribution in [0.3, 0.4) is 0 Å². The molecular weight excluding hydrogens is 536 g/mol. The standard InChI is InChI=1S/C24H23ClF4N4O3S/c1-33(37(35)36)20-10-5-16(12-19(20)26)18(22(30)34)9-4-15-6-11-21(24(27,28)29)32-23(15)31-13-14-2-7-17(25)8-3-14/h2-3,5-8,10-12,18,37H,4,9,13H2,1H3,(H2,30,34)(H,31,32). The van der Waals surface area contributed by atoms with Crippen molar-refractivity contribution < 1.29 is 30.8 Å². The van der Waals surface area contributed by atoms with E-state index in [9.17, 15) is 30.8 Å². The van der Waals surface area contributed by atoms with Gasteiger partial charge in [-0.05, 0) is 59.9 Å². The Morgan fingerprint density at radius 1 is 1.14 bits per heavy atom. The fourth-order valence-corrected chi connectivity index (χ4v) is 4.12. The first-order valence-corrected chi connectivity index (χ1v) is 12.4. The van der Waals surface area contributed by atoms with E-state index in [1.54, 1.807) is 24.3 Å². The predicted molar refractivity (Wildman–Crippen MR) is 133 cm³/mol. The van der Waals surface area contributed by atoms with Crippen molar-refractivity contribution in [3.8, 4) is 0 Å². The molecule has 3 aromatic rings. The number of pyridine rings is 1. The van der Waals surface area contributed by atoms with E-state index in [0.29, 0.717) is 10.6 Å². The van der Waals surface area contributed by atoms with E-state index in [1.165, 1.54) is 25.2 Å². The number of benzene rings is 2. The van der Waals surface area contributed by atoms with E-state index in [2.05, 4.69) is 10.3 Å². The maximum atomic E-state index is 14.6. The molecule has 1 atom stereocenters. The van der Waals surface area contributed by atoms with Crippen molar-refractivity contribution in [2.24, 2.45) is 5.73 Å². The minimum Gasteiger partial charge on any atom is -0.369 e. The molecule has 13 heteroatoms. The molecular formula is C24H23ClF4N4O3S. The molecule has 0 fully saturated rings. The van der Waals surface area contributed by atoms with Crippen LogP contribution in [0.4, 0.5) is 29.1 Å². The van der Waals surface area contributed by atoms with Gasteiger partial charge in [0.1, 0.15) is 17.3 Å². The Labute approximate surface area is 217 Å². The normalized spacial score (nSPS) is 12.4. The smallest absolute Gasteiger partial charge is 0.369 e. The number of rotatable bonds is 10. The van der Waals surface area contributed by atoms with Crippen LogP contribution in [-0.4, -0.2) is 26.4 Å². The molecule has 1 unspecified atom stereocenters. The van der Waals surface area contributed by atoms with E-state index in [1.807, 2.05) is 0 Å². The van der Waals surface area contributed by atoms with Crippen molar-refractivity contribution in [3.63, 3.8) is 0 Å². The molecule has 0 aliphatic rings. The maximum Gasteiger partial charge on any atom is 0.433 e. The molecule has 0 spiro atoms. The quantitative estimate of drug-likeness (QED) is 0.248. The van der Waals surface area contributed by atoms with Crippen LogP contribution in [0.5, 0.6) is 0 Å². The van der Waals surface area contributed by atoms with Gasteiger partial charge < -0.3 is 11.1 Å². The number of nitrogens with zero attached hydrogens (tertiary/aromatic N) is 2. The Hall–Kier alpha value is -3.38. The molecule has 1 heterocycles. The topological polar surface area (TPSA) is 105 Å². The largest absolute Gasteiger partial charge is 0.433 e. The summed E-state index contributed by atoms with van der Waals surface area (Å²) in [4.78, 5) is 15.9. The van der Waals surface area contributed by atoms with Crippen molar-refractivity contribution >= 4 is 39.9 Å². The number of aryl methyl sites for hydroxylation is 1. The number of carbonyl (C=O) groups excluding carboxylic acids is 1. The minimum atomic E-state index is -4.66. The zero-order valence-electron chi connectivity index (χ0n) is 19.4. The molecule has 0 aliphatic heterocycles. The van der Waals surface area contributed by atoms with Gasteiger partial charge in [-0.3, -0.25) is 9.10 Å². The van der Waals surface area contributed by atoms with E-state index < -0.39 is 40.4 Å². The molecule has 1 aromatic heterocycles. The number of hydrogen-bond donors (Lipinski definition) is 3. The molecule has 198 valence electrons. The van der Waals surface area contributed by atoms with Crippen molar-refractivity contribution in [1.29, 1.82) is 0 Å². The lowest BCUT2D eigenvalue weighted by Gasteiger charge is -2.19. The van der Waals surface area contributed by atoms with E-state index in [4.69, 9.17) is 17.3 Å². The van der Waals surface area contributed by atoms with Gasteiger partial charge in [0.25, 0.3) is 0 Å². The van der Waals surface area contributed by atoms with E-state index in [0.717, 1.165) is 22.0 Å². The van der Waals surface area contributed by atoms with Gasteiger partial charge in [-0.25, -0.2) is 17.8 Å². The van der Waals surface area contributed by atoms with E-state index >= 15 is 0 Å². The number of thiol groups is 1. The summed E-state index contributed by atoms with van der Waals surface area (Å²) in [5.41, 5.74) is 5.61. The molecule has 2 aromatic carbocycles. The molecule has 0 saturated heterocycles. The Balaban J connectivity index is 1.85. The van der Waals surface area contributed by atoms with Crippen LogP contribution in [0.1, 0.15) is 34.7 Å². The second-order valence-electron chi connectivity index (χ2n) is 8.15. The highest BCUT2D eigenvalue weighted by molar-refractivity contribution is 7.74. The summed E-state index contributed by atoms with van der Waals surface area (Å²) in [7, 11) is -1.89. The number of primary amides is 1. The van der Waals surface area contributed by atoms with Gasteiger partial charge in [0.05, 0.1) is 11.6 Å². The zero-order valence-corrected chi connectivity index (χ0v) is 21.1. The summed E-state index contributed by atoms with van der Waals surface area (Å²) in [6, 6.07) is 12.4. The number of nitrogens with one attached hydrogen (secondary N) is 1. The minimum absolute atomic E-state index is 0.0182. The summed E-state index contributed by atoms with van der Waals surface area (Å²) in [5, 5.41) is 3.41. The molecule has 1 amide bonds. The summed E-state index contributed by atoms with van der Waals surface area (Å²) >= 11 is 5.87. The third kappa shape index (κ3) is 7.32. The average Bonchev–Trinajstić information content (AvgIpc) is 2.83. The van der Waals surface area contributed by atoms with Crippen LogP contribution in [0, 0.1) is 5.82 Å². The highest BCUT2D eigenvalue weighted by atomic mass is 35.5. The molecule has 37 heavy (non-hydrogen) atoms. The van der Waals surface area contributed by atoms with Gasteiger partial charge in [-0.15, -0.1) is 0 Å². The zero-order chi connectivity index (χ0) is 27.3. The summed E-state index contributed by atoms with van der Waals surface area (Å²) in [6.07, 6.45) is -4.52. The second kappa shape index (κ2) is 11.8. The van der Waals surface area contributed by atoms with Crippen molar-refractivity contribution in [2.45, 2.75) is 31.5 Å². The second-order valence-corrected chi connectivity index (χ2v) is 9.66. The van der Waals surface area contributed by atoms with Gasteiger partial charge in [0.2, 0.25) is 16.8 Å². The lowest BCUT2D eigenvalue weighted by atomic mass is 9.91. The van der Waals surface area contributed by atoms with Gasteiger partial charge in [-0.1, -0.05) is 35.9 Å². The van der Waals surface area contributed by atoms with Crippen LogP contribution in [0.15, 0.2) is 54.6 Å². The van der Waals surface area contributed by atoms with E-state index in [-0.39, 0.29) is 36.5 Å². The molecule has 3 N–H and O–H groups in total. The monoisotopic (exact) mass is 558 g/mol. The Morgan fingerprint density at radius 3 is 2.38 bits per heavy atom. The SMILES string of the molecule is CN(c1ccc(C(CCc2ccc(C(F)(F)F)nc2NCc2ccc(Cl)cc2)C(N)=O)cc1F)[SH](=O)=O. The predicted octanol–water partition coefficient (Wildman–Crippen LogP) is 4.67. The molecule has 3 rings (SSSR count). The van der Waals surface area contributed by atoms with Crippen molar-refractivity contribution in [1.82, 2.24) is 4.98 Å². The lowest BCUT2D eigenvalue weighted by Crippen LogP contribution is -2.23. The van der Waals surface area contributed by atoms with Crippen LogP contribution in [0.2, 0.25) is 5.02 Å². The number of hydrogen-bond acceptors (Lipinski definition) is 5. The number of anilines is 2. The summed E-state index contributed by atoms with van der Waals surface area (Å²) in [5.74, 6) is -2.64. The van der Waals surface area contributed by atoms with Crippen LogP contribution >= 0.6 is 11.6 Å². The molecule has 0 bridgehead atoms. The third-order valence-electron chi connectivity index (χ3n) is 5.66. The number of halogens is 5. The number of aromatic nitrogens is 1. The Kier molecular flexibility index (Phi) is 8.98. The first kappa shape index (κ1) is 28.2. The number of carbonyl (C=O) groups is 1. The highest BCUT2D eigenvalue weighted by Crippen LogP contribution is 2.32. The highest BCUT2D eigenvalue weighted by Gasteiger charge is 2.33. The number of nitrogens with two attached hydrogens (primary N) is 1. The van der Waals surface area contributed by atoms with Crippen molar-refractivity contribution in [3.05, 3.63) is 87.8 Å². The van der Waals surface area contributed by atoms with Gasteiger partial charge in [0.15, 0.2) is 0 Å². The third-order valence-corrected chi connectivity index (χ3v) is 6.61. The van der Waals surface area contributed by atoms with Crippen LogP contribution in [0.25, 0.3) is 0 Å². The number of amides is 1. The average molecular weight is 559 g/mol. The van der Waals surface area contributed by atoms with Crippen molar-refractivity contribution in [2.75, 3.05) is 16.7 Å². The maximum absolute atomic E-state index is 14.6. The summed E-state index contributed by atoms with van der Waals surface area (Å²) < 4.78 is 77.4. The molecule has 7 nitrogen and oxygen atoms in total. The molecule has 0 radical (unpaired) electrons. The molecule has 0 aliphatic carbocycles. The van der Waals surface area contributed by atoms with Gasteiger partial charge in [0, 0.05) is 18.6 Å². The fraction of sp³-hybridized carbons (Fsp3) is 0.250. The Bertz CT molecular complexity index is 1340. The first-order valence-electron chi connectivity index (χ1n) is 10.9. The van der Waals surface area contributed by atoms with Crippen LogP contribution in [-0.2, 0) is 34.8 Å². The fourth-order valence-electron chi connectivity index (χ4n) is 3.65.